The summed E-state index contributed by atoms with van der Waals surface area (Å²) in [4.78, 5) is 29.3. The molecule has 1 aliphatic rings. The van der Waals surface area contributed by atoms with E-state index >= 15 is 0 Å². The SMILES string of the molecule is Cc1cc(Nc2ncc(C)s2)nc(C2CCN(C(=O)[C@@H](N)CCCCN)CC2)n1. The highest BCUT2D eigenvalue weighted by atomic mass is 32.1. The second kappa shape index (κ2) is 10.1. The number of rotatable bonds is 8. The van der Waals surface area contributed by atoms with Crippen LogP contribution in [0.3, 0.4) is 0 Å². The lowest BCUT2D eigenvalue weighted by molar-refractivity contribution is -0.133. The molecule has 0 bridgehead atoms. The summed E-state index contributed by atoms with van der Waals surface area (Å²) in [6, 6.07) is 1.50. The molecular formula is C20H31N7OS. The van der Waals surface area contributed by atoms with Crippen LogP contribution >= 0.6 is 11.3 Å². The first kappa shape index (κ1) is 21.6. The zero-order valence-electron chi connectivity index (χ0n) is 17.2. The van der Waals surface area contributed by atoms with E-state index in [2.05, 4.69) is 15.3 Å². The van der Waals surface area contributed by atoms with Crippen molar-refractivity contribution in [2.24, 2.45) is 11.5 Å². The van der Waals surface area contributed by atoms with Gasteiger partial charge in [-0.1, -0.05) is 6.42 Å². The van der Waals surface area contributed by atoms with Crippen LogP contribution in [0.15, 0.2) is 12.3 Å². The van der Waals surface area contributed by atoms with Crippen LogP contribution in [0.25, 0.3) is 0 Å². The highest BCUT2D eigenvalue weighted by Gasteiger charge is 2.28. The van der Waals surface area contributed by atoms with E-state index in [1.807, 2.05) is 31.0 Å². The number of nitrogens with two attached hydrogens (primary N) is 2. The minimum absolute atomic E-state index is 0.0483. The first-order valence-corrected chi connectivity index (χ1v) is 11.1. The lowest BCUT2D eigenvalue weighted by Crippen LogP contribution is -2.47. The molecule has 0 spiro atoms. The Bertz CT molecular complexity index is 817. The predicted molar refractivity (Wildman–Crippen MR) is 116 cm³/mol. The first-order chi connectivity index (χ1) is 14.0. The maximum atomic E-state index is 12.6. The quantitative estimate of drug-likeness (QED) is 0.564. The molecule has 0 radical (unpaired) electrons. The van der Waals surface area contributed by atoms with Gasteiger partial charge in [0.1, 0.15) is 11.6 Å². The average Bonchev–Trinajstić information content (AvgIpc) is 3.11. The Balaban J connectivity index is 1.58. The van der Waals surface area contributed by atoms with Gasteiger partial charge in [-0.2, -0.15) is 0 Å². The smallest absolute Gasteiger partial charge is 0.239 e. The Morgan fingerprint density at radius 1 is 1.31 bits per heavy atom. The summed E-state index contributed by atoms with van der Waals surface area (Å²) in [7, 11) is 0. The van der Waals surface area contributed by atoms with Crippen LogP contribution in [-0.4, -0.2) is 51.4 Å². The summed E-state index contributed by atoms with van der Waals surface area (Å²) < 4.78 is 0. The van der Waals surface area contributed by atoms with E-state index < -0.39 is 6.04 Å². The number of nitrogens with zero attached hydrogens (tertiary/aromatic N) is 4. The van der Waals surface area contributed by atoms with Crippen molar-refractivity contribution < 1.29 is 4.79 Å². The van der Waals surface area contributed by atoms with Crippen molar-refractivity contribution in [3.63, 3.8) is 0 Å². The number of anilines is 2. The molecule has 1 aliphatic heterocycles. The average molecular weight is 418 g/mol. The van der Waals surface area contributed by atoms with Gasteiger partial charge >= 0.3 is 0 Å². The van der Waals surface area contributed by atoms with Gasteiger partial charge in [0.25, 0.3) is 0 Å². The molecule has 0 aliphatic carbocycles. The maximum absolute atomic E-state index is 12.6. The Labute approximate surface area is 176 Å². The first-order valence-electron chi connectivity index (χ1n) is 10.3. The van der Waals surface area contributed by atoms with Gasteiger partial charge in [-0.05, 0) is 46.1 Å². The van der Waals surface area contributed by atoms with E-state index in [1.165, 1.54) is 0 Å². The predicted octanol–water partition coefficient (Wildman–Crippen LogP) is 2.46. The molecule has 158 valence electrons. The molecule has 0 aromatic carbocycles. The summed E-state index contributed by atoms with van der Waals surface area (Å²) in [5, 5.41) is 4.11. The van der Waals surface area contributed by atoms with Crippen molar-refractivity contribution in [3.05, 3.63) is 28.7 Å². The summed E-state index contributed by atoms with van der Waals surface area (Å²) in [5.41, 5.74) is 12.5. The molecule has 1 atom stereocenters. The van der Waals surface area contributed by atoms with E-state index in [0.29, 0.717) is 26.1 Å². The number of piperidine rings is 1. The topological polar surface area (TPSA) is 123 Å². The third-order valence-electron chi connectivity index (χ3n) is 5.19. The summed E-state index contributed by atoms with van der Waals surface area (Å²) in [6.07, 6.45) is 6.04. The van der Waals surface area contributed by atoms with Crippen molar-refractivity contribution in [3.8, 4) is 0 Å². The molecule has 2 aromatic rings. The number of thiazole rings is 1. The number of carbonyl (C=O) groups is 1. The van der Waals surface area contributed by atoms with Crippen LogP contribution in [0.1, 0.15) is 54.4 Å². The van der Waals surface area contributed by atoms with Crippen LogP contribution in [0.4, 0.5) is 10.9 Å². The molecule has 1 amide bonds. The van der Waals surface area contributed by atoms with Gasteiger partial charge in [0.05, 0.1) is 6.04 Å². The largest absolute Gasteiger partial charge is 0.341 e. The van der Waals surface area contributed by atoms with Gasteiger partial charge in [0, 0.05) is 41.8 Å². The van der Waals surface area contributed by atoms with E-state index in [4.69, 9.17) is 16.5 Å². The minimum atomic E-state index is -0.425. The molecule has 1 fully saturated rings. The highest BCUT2D eigenvalue weighted by molar-refractivity contribution is 7.15. The fraction of sp³-hybridized carbons (Fsp3) is 0.600. The third kappa shape index (κ3) is 5.94. The van der Waals surface area contributed by atoms with E-state index in [9.17, 15) is 4.79 Å². The fourth-order valence-electron chi connectivity index (χ4n) is 3.58. The molecular weight excluding hydrogens is 386 g/mol. The maximum Gasteiger partial charge on any atom is 0.239 e. The van der Waals surface area contributed by atoms with Crippen LogP contribution < -0.4 is 16.8 Å². The molecule has 2 aromatic heterocycles. The standard InChI is InChI=1S/C20H31N7OS/c1-13-11-17(26-20-23-12-14(2)29-20)25-18(24-13)15-6-9-27(10-7-15)19(28)16(22)5-3-4-8-21/h11-12,15-16H,3-10,21-22H2,1-2H3,(H,23,24,25,26)/t16-/m0/s1. The normalized spacial score (nSPS) is 16.1. The zero-order valence-corrected chi connectivity index (χ0v) is 18.0. The van der Waals surface area contributed by atoms with E-state index in [0.717, 1.165) is 53.0 Å². The third-order valence-corrected chi connectivity index (χ3v) is 6.01. The van der Waals surface area contributed by atoms with Crippen molar-refractivity contribution >= 4 is 28.2 Å². The fourth-order valence-corrected chi connectivity index (χ4v) is 4.26. The minimum Gasteiger partial charge on any atom is -0.341 e. The Hall–Kier alpha value is -2.10. The van der Waals surface area contributed by atoms with Gasteiger partial charge in [-0.3, -0.25) is 4.79 Å². The van der Waals surface area contributed by atoms with Gasteiger partial charge in [0.15, 0.2) is 5.13 Å². The van der Waals surface area contributed by atoms with Crippen LogP contribution in [0, 0.1) is 13.8 Å². The molecule has 1 saturated heterocycles. The highest BCUT2D eigenvalue weighted by Crippen LogP contribution is 2.28. The zero-order chi connectivity index (χ0) is 20.8. The van der Waals surface area contributed by atoms with E-state index in [1.54, 1.807) is 11.3 Å². The number of aromatic nitrogens is 3. The summed E-state index contributed by atoms with van der Waals surface area (Å²) in [6.45, 7) is 6.03. The van der Waals surface area contributed by atoms with Crippen molar-refractivity contribution in [2.45, 2.75) is 57.9 Å². The Morgan fingerprint density at radius 3 is 2.72 bits per heavy atom. The molecule has 3 heterocycles. The number of hydrogen-bond acceptors (Lipinski definition) is 8. The van der Waals surface area contributed by atoms with Crippen LogP contribution in [0.2, 0.25) is 0 Å². The Morgan fingerprint density at radius 2 is 2.07 bits per heavy atom. The van der Waals surface area contributed by atoms with Crippen LogP contribution in [0.5, 0.6) is 0 Å². The monoisotopic (exact) mass is 417 g/mol. The van der Waals surface area contributed by atoms with E-state index in [-0.39, 0.29) is 11.8 Å². The van der Waals surface area contributed by atoms with Crippen molar-refractivity contribution in [1.29, 1.82) is 0 Å². The molecule has 0 saturated carbocycles. The molecule has 0 unspecified atom stereocenters. The molecule has 8 nitrogen and oxygen atoms in total. The van der Waals surface area contributed by atoms with Crippen LogP contribution in [-0.2, 0) is 4.79 Å². The number of nitrogens with one attached hydrogen (secondary N) is 1. The van der Waals surface area contributed by atoms with Gasteiger partial charge in [-0.25, -0.2) is 15.0 Å². The molecule has 3 rings (SSSR count). The number of likely N-dealkylation sites (tertiary alicyclic amines) is 1. The molecule has 5 N–H and O–H groups in total. The lowest BCUT2D eigenvalue weighted by atomic mass is 9.95. The van der Waals surface area contributed by atoms with Gasteiger partial charge < -0.3 is 21.7 Å². The number of aryl methyl sites for hydroxylation is 2. The Kier molecular flexibility index (Phi) is 7.51. The summed E-state index contributed by atoms with van der Waals surface area (Å²) >= 11 is 1.60. The number of carbonyl (C=O) groups excluding carboxylic acids is 1. The second-order valence-corrected chi connectivity index (χ2v) is 8.88. The number of amides is 1. The van der Waals surface area contributed by atoms with Gasteiger partial charge in [0.2, 0.25) is 5.91 Å². The molecule has 29 heavy (non-hydrogen) atoms. The van der Waals surface area contributed by atoms with Gasteiger partial charge in [-0.15, -0.1) is 11.3 Å². The van der Waals surface area contributed by atoms with Crippen molar-refractivity contribution in [2.75, 3.05) is 25.0 Å². The van der Waals surface area contributed by atoms with Crippen molar-refractivity contribution in [1.82, 2.24) is 19.9 Å². The summed E-state index contributed by atoms with van der Waals surface area (Å²) in [5.74, 6) is 1.89. The number of hydrogen-bond donors (Lipinski definition) is 3. The number of unbranched alkanes of at least 4 members (excludes halogenated alkanes) is 1. The lowest BCUT2D eigenvalue weighted by Gasteiger charge is -2.33. The second-order valence-electron chi connectivity index (χ2n) is 7.64. The molecule has 9 heteroatoms.